The Hall–Kier alpha value is -1.94. The molecule has 0 radical (unpaired) electrons. The van der Waals surface area contributed by atoms with Crippen LogP contribution in [0.2, 0.25) is 0 Å². The molecule has 1 amide bonds. The summed E-state index contributed by atoms with van der Waals surface area (Å²) < 4.78 is 27.3. The number of H-pyrrole nitrogens is 1. The van der Waals surface area contributed by atoms with E-state index in [1.165, 1.54) is 9.21 Å². The van der Waals surface area contributed by atoms with E-state index in [4.69, 9.17) is 0 Å². The first kappa shape index (κ1) is 18.8. The molecule has 1 unspecified atom stereocenters. The minimum absolute atomic E-state index is 0.0774. The lowest BCUT2D eigenvalue weighted by atomic mass is 9.97. The number of aromatic amines is 1. The molecule has 1 aromatic heterocycles. The summed E-state index contributed by atoms with van der Waals surface area (Å²) in [7, 11) is -3.75. The fraction of sp³-hybridized carbons (Fsp3) is 0.688. The normalized spacial score (nSPS) is 24.8. The number of sulfonamides is 1. The SMILES string of the molecule is Cc1n[nH]c(C)c1S(=O)(=O)N1CCCC(C(=O)N2CCC[C@@H]2C(=O)O)C1. The summed E-state index contributed by atoms with van der Waals surface area (Å²) >= 11 is 0. The third-order valence-corrected chi connectivity index (χ3v) is 7.34. The number of carbonyl (C=O) groups excluding carboxylic acids is 1. The van der Waals surface area contributed by atoms with E-state index < -0.39 is 28.0 Å². The number of hydrogen-bond donors (Lipinski definition) is 2. The minimum atomic E-state index is -3.75. The molecule has 0 aliphatic carbocycles. The van der Waals surface area contributed by atoms with Gasteiger partial charge in [-0.05, 0) is 39.5 Å². The van der Waals surface area contributed by atoms with Gasteiger partial charge in [0.25, 0.3) is 0 Å². The van der Waals surface area contributed by atoms with Gasteiger partial charge in [0.15, 0.2) is 0 Å². The quantitative estimate of drug-likeness (QED) is 0.779. The second-order valence-corrected chi connectivity index (χ2v) is 8.87. The number of carboxylic acid groups (broad SMARTS) is 1. The maximum absolute atomic E-state index is 13.0. The molecule has 9 nitrogen and oxygen atoms in total. The Labute approximate surface area is 152 Å². The van der Waals surface area contributed by atoms with Crippen LogP contribution >= 0.6 is 0 Å². The molecule has 3 heterocycles. The average Bonchev–Trinajstić information content (AvgIpc) is 3.21. The number of amides is 1. The molecule has 2 atom stereocenters. The van der Waals surface area contributed by atoms with Gasteiger partial charge in [0.05, 0.1) is 17.3 Å². The first-order valence-corrected chi connectivity index (χ1v) is 10.2. The standard InChI is InChI=1S/C16H24N4O5S/c1-10-14(11(2)18-17-10)26(24,25)19-7-3-5-12(9-19)15(21)20-8-4-6-13(20)16(22)23/h12-13H,3-9H2,1-2H3,(H,17,18)(H,22,23)/t12?,13-/m1/s1. The molecule has 0 bridgehead atoms. The van der Waals surface area contributed by atoms with E-state index in [1.807, 2.05) is 0 Å². The molecule has 26 heavy (non-hydrogen) atoms. The highest BCUT2D eigenvalue weighted by atomic mass is 32.2. The zero-order valence-electron chi connectivity index (χ0n) is 14.9. The zero-order chi connectivity index (χ0) is 19.1. The van der Waals surface area contributed by atoms with Crippen molar-refractivity contribution in [2.24, 2.45) is 5.92 Å². The molecule has 3 rings (SSSR count). The monoisotopic (exact) mass is 384 g/mol. The van der Waals surface area contributed by atoms with Crippen molar-refractivity contribution in [3.05, 3.63) is 11.4 Å². The van der Waals surface area contributed by atoms with Crippen molar-refractivity contribution in [2.45, 2.75) is 50.5 Å². The predicted octanol–water partition coefficient (Wildman–Crippen LogP) is 0.503. The number of carbonyl (C=O) groups is 2. The topological polar surface area (TPSA) is 124 Å². The molecular formula is C16H24N4O5S. The highest BCUT2D eigenvalue weighted by molar-refractivity contribution is 7.89. The van der Waals surface area contributed by atoms with Crippen LogP contribution in [-0.4, -0.2) is 70.5 Å². The molecule has 2 aliphatic heterocycles. The second kappa shape index (κ2) is 6.99. The van der Waals surface area contributed by atoms with Gasteiger partial charge in [-0.1, -0.05) is 0 Å². The Morgan fingerprint density at radius 2 is 1.88 bits per heavy atom. The summed E-state index contributed by atoms with van der Waals surface area (Å²) in [5, 5.41) is 15.9. The molecule has 0 saturated carbocycles. The van der Waals surface area contributed by atoms with E-state index in [0.29, 0.717) is 50.2 Å². The first-order chi connectivity index (χ1) is 12.2. The Bertz CT molecular complexity index is 799. The van der Waals surface area contributed by atoms with Crippen LogP contribution in [-0.2, 0) is 19.6 Å². The van der Waals surface area contributed by atoms with E-state index in [2.05, 4.69) is 10.2 Å². The van der Waals surface area contributed by atoms with Crippen LogP contribution in [0.1, 0.15) is 37.1 Å². The van der Waals surface area contributed by atoms with Crippen LogP contribution < -0.4 is 0 Å². The summed E-state index contributed by atoms with van der Waals surface area (Å²) in [6, 6.07) is -0.798. The Morgan fingerprint density at radius 1 is 1.19 bits per heavy atom. The van der Waals surface area contributed by atoms with Crippen molar-refractivity contribution in [3.63, 3.8) is 0 Å². The van der Waals surface area contributed by atoms with Crippen molar-refractivity contribution >= 4 is 21.9 Å². The van der Waals surface area contributed by atoms with E-state index in [1.54, 1.807) is 13.8 Å². The number of aliphatic carboxylic acids is 1. The van der Waals surface area contributed by atoms with Gasteiger partial charge in [-0.25, -0.2) is 13.2 Å². The summed E-state index contributed by atoms with van der Waals surface area (Å²) in [5.41, 5.74) is 0.878. The van der Waals surface area contributed by atoms with Gasteiger partial charge in [-0.2, -0.15) is 9.40 Å². The predicted molar refractivity (Wildman–Crippen MR) is 91.9 cm³/mol. The Kier molecular flexibility index (Phi) is 5.07. The van der Waals surface area contributed by atoms with Gasteiger partial charge in [0, 0.05) is 19.6 Å². The maximum atomic E-state index is 13.0. The zero-order valence-corrected chi connectivity index (χ0v) is 15.8. The Morgan fingerprint density at radius 3 is 2.50 bits per heavy atom. The fourth-order valence-corrected chi connectivity index (χ4v) is 5.79. The first-order valence-electron chi connectivity index (χ1n) is 8.78. The van der Waals surface area contributed by atoms with Crippen molar-refractivity contribution in [1.29, 1.82) is 0 Å². The third-order valence-electron chi connectivity index (χ3n) is 5.21. The van der Waals surface area contributed by atoms with Crippen LogP contribution in [0, 0.1) is 19.8 Å². The summed E-state index contributed by atoms with van der Waals surface area (Å²) in [6.07, 6.45) is 2.24. The molecule has 2 aliphatic rings. The van der Waals surface area contributed by atoms with Crippen LogP contribution in [0.15, 0.2) is 4.90 Å². The van der Waals surface area contributed by atoms with Gasteiger partial charge in [-0.15, -0.1) is 0 Å². The summed E-state index contributed by atoms with van der Waals surface area (Å²) in [4.78, 5) is 25.7. The maximum Gasteiger partial charge on any atom is 0.326 e. The number of likely N-dealkylation sites (tertiary alicyclic amines) is 1. The molecule has 2 saturated heterocycles. The molecular weight excluding hydrogens is 360 g/mol. The number of nitrogens with zero attached hydrogens (tertiary/aromatic N) is 3. The van der Waals surface area contributed by atoms with Crippen molar-refractivity contribution < 1.29 is 23.1 Å². The number of nitrogens with one attached hydrogen (secondary N) is 1. The molecule has 2 fully saturated rings. The lowest BCUT2D eigenvalue weighted by Gasteiger charge is -2.34. The third kappa shape index (κ3) is 3.23. The van der Waals surface area contributed by atoms with Crippen LogP contribution in [0.3, 0.4) is 0 Å². The van der Waals surface area contributed by atoms with Crippen molar-refractivity contribution in [3.8, 4) is 0 Å². The van der Waals surface area contributed by atoms with Crippen molar-refractivity contribution in [2.75, 3.05) is 19.6 Å². The van der Waals surface area contributed by atoms with Gasteiger partial charge in [0.1, 0.15) is 10.9 Å². The Balaban J connectivity index is 1.79. The number of carboxylic acids is 1. The molecule has 1 aromatic rings. The smallest absolute Gasteiger partial charge is 0.326 e. The molecule has 0 spiro atoms. The van der Waals surface area contributed by atoms with Crippen molar-refractivity contribution in [1.82, 2.24) is 19.4 Å². The molecule has 0 aromatic carbocycles. The minimum Gasteiger partial charge on any atom is -0.480 e. The summed E-state index contributed by atoms with van der Waals surface area (Å²) in [5.74, 6) is -1.76. The highest BCUT2D eigenvalue weighted by Gasteiger charge is 2.41. The van der Waals surface area contributed by atoms with Gasteiger partial charge < -0.3 is 10.0 Å². The molecule has 2 N–H and O–H groups in total. The van der Waals surface area contributed by atoms with E-state index >= 15 is 0 Å². The number of aromatic nitrogens is 2. The number of piperidine rings is 1. The van der Waals surface area contributed by atoms with E-state index in [-0.39, 0.29) is 17.3 Å². The van der Waals surface area contributed by atoms with Gasteiger partial charge in [0.2, 0.25) is 15.9 Å². The molecule has 144 valence electrons. The average molecular weight is 384 g/mol. The lowest BCUT2D eigenvalue weighted by Crippen LogP contribution is -2.49. The lowest BCUT2D eigenvalue weighted by molar-refractivity contribution is -0.150. The largest absolute Gasteiger partial charge is 0.480 e. The summed E-state index contributed by atoms with van der Waals surface area (Å²) in [6.45, 7) is 4.12. The van der Waals surface area contributed by atoms with Crippen LogP contribution in [0.5, 0.6) is 0 Å². The highest BCUT2D eigenvalue weighted by Crippen LogP contribution is 2.29. The van der Waals surface area contributed by atoms with E-state index in [0.717, 1.165) is 0 Å². The van der Waals surface area contributed by atoms with E-state index in [9.17, 15) is 23.1 Å². The van der Waals surface area contributed by atoms with Gasteiger partial charge >= 0.3 is 5.97 Å². The fourth-order valence-electron chi connectivity index (χ4n) is 3.93. The number of rotatable bonds is 4. The van der Waals surface area contributed by atoms with Crippen LogP contribution in [0.25, 0.3) is 0 Å². The van der Waals surface area contributed by atoms with Gasteiger partial charge in [-0.3, -0.25) is 9.89 Å². The number of aryl methyl sites for hydroxylation is 2. The second-order valence-electron chi connectivity index (χ2n) is 6.99. The van der Waals surface area contributed by atoms with Crippen LogP contribution in [0.4, 0.5) is 0 Å². The number of hydrogen-bond acceptors (Lipinski definition) is 5. The molecule has 10 heteroatoms.